The molecular weight excluding hydrogens is 267 g/mol. The summed E-state index contributed by atoms with van der Waals surface area (Å²) < 4.78 is 37.2. The molecule has 0 bridgehead atoms. The summed E-state index contributed by atoms with van der Waals surface area (Å²) in [6.45, 7) is 0. The Morgan fingerprint density at radius 3 is 2.57 bits per heavy atom. The topological polar surface area (TPSA) is 50.2 Å². The standard InChI is InChI=1S/C7H3BrF3NO2/c8-2-1-12-5(6(10)11)3(4(2)9)7(13)14/h1,6H,(H,13,14). The summed E-state index contributed by atoms with van der Waals surface area (Å²) in [6.07, 6.45) is -2.33. The van der Waals surface area contributed by atoms with Crippen molar-refractivity contribution >= 4 is 21.9 Å². The van der Waals surface area contributed by atoms with Crippen molar-refractivity contribution in [2.45, 2.75) is 6.43 Å². The molecule has 0 aromatic carbocycles. The molecule has 0 saturated heterocycles. The Morgan fingerprint density at radius 2 is 2.14 bits per heavy atom. The first-order chi connectivity index (χ1) is 6.45. The normalized spacial score (nSPS) is 10.6. The molecule has 1 rings (SSSR count). The van der Waals surface area contributed by atoms with Gasteiger partial charge in [-0.25, -0.2) is 18.0 Å². The van der Waals surface area contributed by atoms with Gasteiger partial charge in [0, 0.05) is 6.20 Å². The van der Waals surface area contributed by atoms with E-state index in [9.17, 15) is 18.0 Å². The highest BCUT2D eigenvalue weighted by Crippen LogP contribution is 2.26. The Balaban J connectivity index is 3.45. The lowest BCUT2D eigenvalue weighted by Gasteiger charge is -2.05. The zero-order chi connectivity index (χ0) is 10.9. The minimum atomic E-state index is -3.12. The number of carboxylic acids is 1. The molecule has 0 aliphatic rings. The molecule has 1 aromatic heterocycles. The number of halogens is 4. The highest BCUT2D eigenvalue weighted by molar-refractivity contribution is 9.10. The summed E-state index contributed by atoms with van der Waals surface area (Å²) >= 11 is 2.65. The summed E-state index contributed by atoms with van der Waals surface area (Å²) in [5.74, 6) is -3.02. The van der Waals surface area contributed by atoms with Crippen molar-refractivity contribution < 1.29 is 23.1 Å². The summed E-state index contributed by atoms with van der Waals surface area (Å²) in [7, 11) is 0. The maximum absolute atomic E-state index is 13.1. The van der Waals surface area contributed by atoms with Crippen molar-refractivity contribution in [1.82, 2.24) is 4.98 Å². The molecule has 0 aliphatic heterocycles. The summed E-state index contributed by atoms with van der Waals surface area (Å²) in [5, 5.41) is 8.49. The van der Waals surface area contributed by atoms with E-state index in [1.807, 2.05) is 0 Å². The third-order valence-corrected chi connectivity index (χ3v) is 1.98. The van der Waals surface area contributed by atoms with E-state index in [1.54, 1.807) is 0 Å². The van der Waals surface area contributed by atoms with Crippen LogP contribution < -0.4 is 0 Å². The number of aromatic nitrogens is 1. The monoisotopic (exact) mass is 269 g/mol. The molecule has 14 heavy (non-hydrogen) atoms. The number of hydrogen-bond donors (Lipinski definition) is 1. The van der Waals surface area contributed by atoms with Crippen LogP contribution in [0.1, 0.15) is 22.5 Å². The van der Waals surface area contributed by atoms with Gasteiger partial charge in [0.2, 0.25) is 0 Å². The van der Waals surface area contributed by atoms with Gasteiger partial charge in [-0.15, -0.1) is 0 Å². The van der Waals surface area contributed by atoms with Gasteiger partial charge in [0.15, 0.2) is 5.82 Å². The molecular formula is C7H3BrF3NO2. The Morgan fingerprint density at radius 1 is 1.57 bits per heavy atom. The van der Waals surface area contributed by atoms with Crippen molar-refractivity contribution in [3.8, 4) is 0 Å². The fourth-order valence-electron chi connectivity index (χ4n) is 0.848. The zero-order valence-electron chi connectivity index (χ0n) is 6.47. The lowest BCUT2D eigenvalue weighted by Crippen LogP contribution is -2.09. The number of carbonyl (C=O) groups is 1. The van der Waals surface area contributed by atoms with Gasteiger partial charge in [0.05, 0.1) is 4.47 Å². The molecule has 0 radical (unpaired) electrons. The van der Waals surface area contributed by atoms with E-state index in [1.165, 1.54) is 0 Å². The molecule has 1 aromatic rings. The number of hydrogen-bond acceptors (Lipinski definition) is 2. The molecule has 0 aliphatic carbocycles. The van der Waals surface area contributed by atoms with Gasteiger partial charge in [0.1, 0.15) is 11.3 Å². The second-order valence-corrected chi connectivity index (χ2v) is 3.14. The van der Waals surface area contributed by atoms with Gasteiger partial charge >= 0.3 is 5.97 Å². The minimum absolute atomic E-state index is 0.265. The number of alkyl halides is 2. The maximum Gasteiger partial charge on any atom is 0.340 e. The first-order valence-electron chi connectivity index (χ1n) is 3.30. The highest BCUT2D eigenvalue weighted by Gasteiger charge is 2.25. The third-order valence-electron chi connectivity index (χ3n) is 1.42. The second kappa shape index (κ2) is 3.95. The Bertz CT molecular complexity index is 383. The predicted molar refractivity (Wildman–Crippen MR) is 43.8 cm³/mol. The quantitative estimate of drug-likeness (QED) is 0.898. The van der Waals surface area contributed by atoms with E-state index in [0.29, 0.717) is 0 Å². The Kier molecular flexibility index (Phi) is 3.10. The van der Waals surface area contributed by atoms with Crippen LogP contribution in [0.3, 0.4) is 0 Å². The van der Waals surface area contributed by atoms with Gasteiger partial charge < -0.3 is 5.11 Å². The molecule has 0 amide bonds. The molecule has 1 heterocycles. The van der Waals surface area contributed by atoms with Gasteiger partial charge in [0.25, 0.3) is 6.43 Å². The van der Waals surface area contributed by atoms with E-state index in [2.05, 4.69) is 20.9 Å². The Labute approximate surface area is 84.7 Å². The van der Waals surface area contributed by atoms with Crippen LogP contribution in [-0.4, -0.2) is 16.1 Å². The molecule has 76 valence electrons. The van der Waals surface area contributed by atoms with Crippen LogP contribution in [0.2, 0.25) is 0 Å². The molecule has 0 spiro atoms. The second-order valence-electron chi connectivity index (χ2n) is 2.29. The predicted octanol–water partition coefficient (Wildman–Crippen LogP) is 2.62. The summed E-state index contributed by atoms with van der Waals surface area (Å²) in [4.78, 5) is 13.6. The van der Waals surface area contributed by atoms with Gasteiger partial charge in [-0.05, 0) is 15.9 Å². The smallest absolute Gasteiger partial charge is 0.340 e. The largest absolute Gasteiger partial charge is 0.478 e. The van der Waals surface area contributed by atoms with Crippen LogP contribution in [0.4, 0.5) is 13.2 Å². The maximum atomic E-state index is 13.1. The minimum Gasteiger partial charge on any atom is -0.478 e. The molecule has 0 unspecified atom stereocenters. The lowest BCUT2D eigenvalue weighted by molar-refractivity contribution is 0.0675. The fraction of sp³-hybridized carbons (Fsp3) is 0.143. The van der Waals surface area contributed by atoms with Crippen LogP contribution in [-0.2, 0) is 0 Å². The van der Waals surface area contributed by atoms with Crippen molar-refractivity contribution in [2.75, 3.05) is 0 Å². The highest BCUT2D eigenvalue weighted by atomic mass is 79.9. The number of carboxylic acid groups (broad SMARTS) is 1. The number of nitrogens with zero attached hydrogens (tertiary/aromatic N) is 1. The van der Waals surface area contributed by atoms with E-state index in [4.69, 9.17) is 5.11 Å². The Hall–Kier alpha value is -1.11. The fourth-order valence-corrected chi connectivity index (χ4v) is 1.15. The SMILES string of the molecule is O=C(O)c1c(C(F)F)ncc(Br)c1F. The summed E-state index contributed by atoms with van der Waals surface area (Å²) in [5.41, 5.74) is -2.17. The molecule has 3 nitrogen and oxygen atoms in total. The van der Waals surface area contributed by atoms with Crippen molar-refractivity contribution in [3.05, 3.63) is 27.7 Å². The molecule has 7 heteroatoms. The van der Waals surface area contributed by atoms with Crippen LogP contribution in [0.25, 0.3) is 0 Å². The van der Waals surface area contributed by atoms with E-state index < -0.39 is 29.5 Å². The van der Waals surface area contributed by atoms with E-state index in [0.717, 1.165) is 6.20 Å². The number of pyridine rings is 1. The lowest BCUT2D eigenvalue weighted by atomic mass is 10.2. The first-order valence-corrected chi connectivity index (χ1v) is 4.09. The average molecular weight is 270 g/mol. The summed E-state index contributed by atoms with van der Waals surface area (Å²) in [6, 6.07) is 0. The van der Waals surface area contributed by atoms with Crippen LogP contribution in [0.5, 0.6) is 0 Å². The molecule has 0 saturated carbocycles. The average Bonchev–Trinajstić information content (AvgIpc) is 2.08. The van der Waals surface area contributed by atoms with E-state index >= 15 is 0 Å². The molecule has 0 atom stereocenters. The van der Waals surface area contributed by atoms with Crippen molar-refractivity contribution in [1.29, 1.82) is 0 Å². The van der Waals surface area contributed by atoms with Crippen LogP contribution in [0.15, 0.2) is 10.7 Å². The number of rotatable bonds is 2. The van der Waals surface area contributed by atoms with Crippen LogP contribution >= 0.6 is 15.9 Å². The van der Waals surface area contributed by atoms with Crippen LogP contribution in [0, 0.1) is 5.82 Å². The molecule has 1 N–H and O–H groups in total. The van der Waals surface area contributed by atoms with Gasteiger partial charge in [-0.3, -0.25) is 4.98 Å². The van der Waals surface area contributed by atoms with Crippen molar-refractivity contribution in [3.63, 3.8) is 0 Å². The molecule has 0 fully saturated rings. The van der Waals surface area contributed by atoms with E-state index in [-0.39, 0.29) is 4.47 Å². The van der Waals surface area contributed by atoms with Gasteiger partial charge in [-0.1, -0.05) is 0 Å². The third kappa shape index (κ3) is 1.87. The first kappa shape index (κ1) is 11.0. The number of aromatic carboxylic acids is 1. The van der Waals surface area contributed by atoms with Crippen molar-refractivity contribution in [2.24, 2.45) is 0 Å². The zero-order valence-corrected chi connectivity index (χ0v) is 8.06. The van der Waals surface area contributed by atoms with Gasteiger partial charge in [-0.2, -0.15) is 0 Å².